The van der Waals surface area contributed by atoms with Crippen molar-refractivity contribution in [2.45, 2.75) is 6.42 Å². The molecule has 0 spiro atoms. The molecule has 0 aliphatic carbocycles. The zero-order valence-electron chi connectivity index (χ0n) is 5.46. The summed E-state index contributed by atoms with van der Waals surface area (Å²) in [5.41, 5.74) is 1.19. The molecule has 2 heteroatoms. The Hall–Kier alpha value is -0.760. The first kappa shape index (κ1) is 6.36. The van der Waals surface area contributed by atoms with Crippen molar-refractivity contribution in [2.24, 2.45) is 0 Å². The first-order valence-electron chi connectivity index (χ1n) is 2.93. The Balaban J connectivity index is 2.30. The van der Waals surface area contributed by atoms with Crippen LogP contribution in [0.25, 0.3) is 0 Å². The van der Waals surface area contributed by atoms with Gasteiger partial charge >= 0.3 is 0 Å². The fourth-order valence-electron chi connectivity index (χ4n) is 0.655. The molecule has 0 bridgehead atoms. The lowest BCUT2D eigenvalue weighted by atomic mass is 10.3. The summed E-state index contributed by atoms with van der Waals surface area (Å²) < 4.78 is 9.73. The molecular weight excluding hydrogens is 116 g/mol. The van der Waals surface area contributed by atoms with Crippen LogP contribution in [-0.4, -0.2) is 13.7 Å². The molecule has 0 fully saturated rings. The van der Waals surface area contributed by atoms with Crippen molar-refractivity contribution >= 4 is 0 Å². The van der Waals surface area contributed by atoms with Gasteiger partial charge in [0.1, 0.15) is 0 Å². The van der Waals surface area contributed by atoms with Crippen molar-refractivity contribution < 1.29 is 9.15 Å². The Morgan fingerprint density at radius 3 is 3.11 bits per heavy atom. The van der Waals surface area contributed by atoms with Crippen LogP contribution in [0.15, 0.2) is 23.0 Å². The number of rotatable bonds is 3. The molecule has 0 atom stereocenters. The number of hydrogen-bond donors (Lipinski definition) is 0. The van der Waals surface area contributed by atoms with Crippen LogP contribution in [-0.2, 0) is 11.2 Å². The molecule has 0 aromatic carbocycles. The molecule has 9 heavy (non-hydrogen) atoms. The molecule has 1 aromatic rings. The zero-order chi connectivity index (χ0) is 6.53. The van der Waals surface area contributed by atoms with Gasteiger partial charge in [-0.05, 0) is 18.1 Å². The van der Waals surface area contributed by atoms with E-state index in [1.165, 1.54) is 5.56 Å². The number of furan rings is 1. The lowest BCUT2D eigenvalue weighted by Gasteiger charge is -1.91. The van der Waals surface area contributed by atoms with Gasteiger partial charge in [-0.2, -0.15) is 0 Å². The predicted molar refractivity (Wildman–Crippen MR) is 34.3 cm³/mol. The number of ether oxygens (including phenoxy) is 1. The number of hydrogen-bond acceptors (Lipinski definition) is 2. The van der Waals surface area contributed by atoms with Crippen LogP contribution in [0, 0.1) is 0 Å². The van der Waals surface area contributed by atoms with E-state index >= 15 is 0 Å². The van der Waals surface area contributed by atoms with E-state index < -0.39 is 0 Å². The van der Waals surface area contributed by atoms with Crippen LogP contribution in [0.2, 0.25) is 0 Å². The van der Waals surface area contributed by atoms with E-state index in [1.807, 2.05) is 6.07 Å². The van der Waals surface area contributed by atoms with E-state index in [4.69, 9.17) is 9.15 Å². The highest BCUT2D eigenvalue weighted by Crippen LogP contribution is 1.99. The van der Waals surface area contributed by atoms with Crippen molar-refractivity contribution in [3.8, 4) is 0 Å². The minimum absolute atomic E-state index is 0.763. The molecule has 1 rings (SSSR count). The Kier molecular flexibility index (Phi) is 2.33. The first-order chi connectivity index (χ1) is 4.43. The minimum atomic E-state index is 0.763. The van der Waals surface area contributed by atoms with Crippen LogP contribution in [0.4, 0.5) is 0 Å². The molecule has 50 valence electrons. The molecular formula is C7H10O2. The van der Waals surface area contributed by atoms with Gasteiger partial charge < -0.3 is 9.15 Å². The predicted octanol–water partition coefficient (Wildman–Crippen LogP) is 1.47. The smallest absolute Gasteiger partial charge is 0.0935 e. The van der Waals surface area contributed by atoms with Gasteiger partial charge in [0.05, 0.1) is 19.1 Å². The Morgan fingerprint density at radius 1 is 1.67 bits per heavy atom. The van der Waals surface area contributed by atoms with Gasteiger partial charge in [-0.3, -0.25) is 0 Å². The average molecular weight is 126 g/mol. The van der Waals surface area contributed by atoms with E-state index in [9.17, 15) is 0 Å². The van der Waals surface area contributed by atoms with Gasteiger partial charge in [0.15, 0.2) is 0 Å². The van der Waals surface area contributed by atoms with Crippen molar-refractivity contribution in [3.63, 3.8) is 0 Å². The molecule has 1 heterocycles. The van der Waals surface area contributed by atoms with E-state index in [2.05, 4.69) is 0 Å². The highest BCUT2D eigenvalue weighted by atomic mass is 16.5. The third-order valence-electron chi connectivity index (χ3n) is 1.17. The second kappa shape index (κ2) is 3.30. The summed E-state index contributed by atoms with van der Waals surface area (Å²) in [7, 11) is 1.69. The molecule has 2 nitrogen and oxygen atoms in total. The Morgan fingerprint density at radius 2 is 2.56 bits per heavy atom. The first-order valence-corrected chi connectivity index (χ1v) is 2.93. The largest absolute Gasteiger partial charge is 0.472 e. The Labute approximate surface area is 54.4 Å². The van der Waals surface area contributed by atoms with Crippen molar-refractivity contribution in [1.29, 1.82) is 0 Å². The molecule has 0 aliphatic rings. The van der Waals surface area contributed by atoms with Crippen molar-refractivity contribution in [1.82, 2.24) is 0 Å². The summed E-state index contributed by atoms with van der Waals surface area (Å²) in [6.07, 6.45) is 4.34. The third kappa shape index (κ3) is 1.90. The van der Waals surface area contributed by atoms with Crippen LogP contribution in [0.5, 0.6) is 0 Å². The zero-order valence-corrected chi connectivity index (χ0v) is 5.46. The molecule has 0 saturated carbocycles. The van der Waals surface area contributed by atoms with E-state index in [0.29, 0.717) is 0 Å². The molecule has 0 aliphatic heterocycles. The van der Waals surface area contributed by atoms with Crippen molar-refractivity contribution in [2.75, 3.05) is 13.7 Å². The average Bonchev–Trinajstić information content (AvgIpc) is 2.34. The molecule has 1 aromatic heterocycles. The second-order valence-corrected chi connectivity index (χ2v) is 1.87. The maximum absolute atomic E-state index is 4.87. The minimum Gasteiger partial charge on any atom is -0.472 e. The van der Waals surface area contributed by atoms with Gasteiger partial charge in [0.2, 0.25) is 0 Å². The van der Waals surface area contributed by atoms with Crippen LogP contribution < -0.4 is 0 Å². The SMILES string of the molecule is COCCc1ccoc1. The molecule has 0 radical (unpaired) electrons. The van der Waals surface area contributed by atoms with Gasteiger partial charge in [-0.25, -0.2) is 0 Å². The Bertz CT molecular complexity index is 144. The van der Waals surface area contributed by atoms with E-state index in [0.717, 1.165) is 13.0 Å². The fourth-order valence-corrected chi connectivity index (χ4v) is 0.655. The lowest BCUT2D eigenvalue weighted by Crippen LogP contribution is -1.91. The maximum Gasteiger partial charge on any atom is 0.0935 e. The second-order valence-electron chi connectivity index (χ2n) is 1.87. The number of methoxy groups -OCH3 is 1. The van der Waals surface area contributed by atoms with Crippen molar-refractivity contribution in [3.05, 3.63) is 24.2 Å². The molecule has 0 N–H and O–H groups in total. The topological polar surface area (TPSA) is 22.4 Å². The summed E-state index contributed by atoms with van der Waals surface area (Å²) in [6.45, 7) is 0.763. The summed E-state index contributed by atoms with van der Waals surface area (Å²) in [5.74, 6) is 0. The van der Waals surface area contributed by atoms with E-state index in [-0.39, 0.29) is 0 Å². The third-order valence-corrected chi connectivity index (χ3v) is 1.17. The quantitative estimate of drug-likeness (QED) is 0.611. The summed E-state index contributed by atoms with van der Waals surface area (Å²) >= 11 is 0. The summed E-state index contributed by atoms with van der Waals surface area (Å²) in [4.78, 5) is 0. The molecule has 0 unspecified atom stereocenters. The molecule has 0 amide bonds. The van der Waals surface area contributed by atoms with E-state index in [1.54, 1.807) is 19.6 Å². The lowest BCUT2D eigenvalue weighted by molar-refractivity contribution is 0.202. The van der Waals surface area contributed by atoms with Crippen LogP contribution >= 0.6 is 0 Å². The highest BCUT2D eigenvalue weighted by Gasteiger charge is 1.90. The van der Waals surface area contributed by atoms with Crippen LogP contribution in [0.3, 0.4) is 0 Å². The van der Waals surface area contributed by atoms with Crippen LogP contribution in [0.1, 0.15) is 5.56 Å². The standard InChI is InChI=1S/C7H10O2/c1-8-4-2-7-3-5-9-6-7/h3,5-6H,2,4H2,1H3. The maximum atomic E-state index is 4.87. The van der Waals surface area contributed by atoms with Gasteiger partial charge in [-0.15, -0.1) is 0 Å². The van der Waals surface area contributed by atoms with Gasteiger partial charge in [0, 0.05) is 7.11 Å². The monoisotopic (exact) mass is 126 g/mol. The highest BCUT2D eigenvalue weighted by molar-refractivity contribution is 5.04. The fraction of sp³-hybridized carbons (Fsp3) is 0.429. The normalized spacial score (nSPS) is 9.89. The summed E-state index contributed by atoms with van der Waals surface area (Å²) in [5, 5.41) is 0. The van der Waals surface area contributed by atoms with Gasteiger partial charge in [-0.1, -0.05) is 0 Å². The summed E-state index contributed by atoms with van der Waals surface area (Å²) in [6, 6.07) is 1.94. The van der Waals surface area contributed by atoms with Gasteiger partial charge in [0.25, 0.3) is 0 Å². The molecule has 0 saturated heterocycles.